The smallest absolute Gasteiger partial charge is 0.232 e. The lowest BCUT2D eigenvalue weighted by Crippen LogP contribution is -2.27. The van der Waals surface area contributed by atoms with Gasteiger partial charge in [-0.25, -0.2) is 0 Å². The number of hydrogen-bond acceptors (Lipinski definition) is 3. The number of fused-ring (bicyclic) bond motifs is 1. The summed E-state index contributed by atoms with van der Waals surface area (Å²) in [5.41, 5.74) is 2.48. The molecule has 0 spiro atoms. The Balaban J connectivity index is 1.98. The maximum atomic E-state index is 12.0. The molecule has 4 heteroatoms. The molecule has 17 heavy (non-hydrogen) atoms. The highest BCUT2D eigenvalue weighted by Gasteiger charge is 2.31. The molecule has 0 fully saturated rings. The quantitative estimate of drug-likeness (QED) is 0.814. The normalized spacial score (nSPS) is 18.6. The fourth-order valence-corrected chi connectivity index (χ4v) is 2.16. The number of hydrogen-bond donors (Lipinski definition) is 1. The molecule has 1 N–H and O–H groups in total. The van der Waals surface area contributed by atoms with Gasteiger partial charge in [0.1, 0.15) is 11.4 Å². The van der Waals surface area contributed by atoms with Crippen LogP contribution in [-0.2, 0) is 11.2 Å². The summed E-state index contributed by atoms with van der Waals surface area (Å²) in [5.74, 6) is 0.585. The van der Waals surface area contributed by atoms with Crippen LogP contribution < -0.4 is 5.32 Å². The van der Waals surface area contributed by atoms with Crippen LogP contribution in [-0.4, -0.2) is 11.1 Å². The van der Waals surface area contributed by atoms with Gasteiger partial charge in [0.25, 0.3) is 0 Å². The van der Waals surface area contributed by atoms with Crippen LogP contribution >= 0.6 is 0 Å². The molecule has 0 radical (unpaired) electrons. The number of amides is 1. The van der Waals surface area contributed by atoms with E-state index in [0.29, 0.717) is 6.42 Å². The third-order valence-electron chi connectivity index (χ3n) is 3.09. The second-order valence-corrected chi connectivity index (χ2v) is 4.22. The zero-order valence-electron chi connectivity index (χ0n) is 9.43. The minimum Gasteiger partial charge on any atom is -0.359 e. The number of nitrogens with zero attached hydrogens (tertiary/aromatic N) is 1. The number of carbonyl (C=O) groups excluding carboxylic acids is 1. The average molecular weight is 228 g/mol. The summed E-state index contributed by atoms with van der Waals surface area (Å²) in [5, 5.41) is 6.73. The summed E-state index contributed by atoms with van der Waals surface area (Å²) >= 11 is 0. The molecule has 1 aromatic heterocycles. The average Bonchev–Trinajstić information content (AvgIpc) is 2.71. The minimum absolute atomic E-state index is 0.00926. The maximum absolute atomic E-state index is 12.0. The molecule has 3 rings (SSSR count). The molecule has 2 aromatic rings. The van der Waals surface area contributed by atoms with Crippen molar-refractivity contribution in [3.8, 4) is 0 Å². The highest BCUT2D eigenvalue weighted by atomic mass is 16.5. The summed E-state index contributed by atoms with van der Waals surface area (Å²) in [7, 11) is 0. The first-order valence-electron chi connectivity index (χ1n) is 5.56. The molecule has 86 valence electrons. The van der Waals surface area contributed by atoms with Gasteiger partial charge in [0.2, 0.25) is 5.91 Å². The molecular weight excluding hydrogens is 216 g/mol. The number of benzene rings is 1. The van der Waals surface area contributed by atoms with Crippen LogP contribution in [0.3, 0.4) is 0 Å². The van der Waals surface area contributed by atoms with Crippen LogP contribution in [0.1, 0.15) is 22.9 Å². The van der Waals surface area contributed by atoms with Gasteiger partial charge in [-0.05, 0) is 12.5 Å². The van der Waals surface area contributed by atoms with E-state index in [-0.39, 0.29) is 11.8 Å². The fraction of sp³-hybridized carbons (Fsp3) is 0.231. The van der Waals surface area contributed by atoms with Crippen LogP contribution in [0.15, 0.2) is 34.9 Å². The SMILES string of the molecule is Cc1noc2c1NC(=O)C(c1ccccc1)C2. The van der Waals surface area contributed by atoms with Crippen LogP contribution in [0, 0.1) is 6.92 Å². The van der Waals surface area contributed by atoms with Gasteiger partial charge < -0.3 is 9.84 Å². The van der Waals surface area contributed by atoms with Crippen LogP contribution in [0.4, 0.5) is 5.69 Å². The van der Waals surface area contributed by atoms with E-state index in [0.717, 1.165) is 22.7 Å². The van der Waals surface area contributed by atoms with Gasteiger partial charge >= 0.3 is 0 Å². The number of aryl methyl sites for hydroxylation is 1. The topological polar surface area (TPSA) is 55.1 Å². The third kappa shape index (κ3) is 1.62. The molecule has 0 bridgehead atoms. The Kier molecular flexibility index (Phi) is 2.21. The Morgan fingerprint density at radius 2 is 2.12 bits per heavy atom. The molecule has 1 aromatic carbocycles. The van der Waals surface area contributed by atoms with Gasteiger partial charge in [0, 0.05) is 6.42 Å². The van der Waals surface area contributed by atoms with Crippen molar-refractivity contribution in [2.24, 2.45) is 0 Å². The Morgan fingerprint density at radius 3 is 2.88 bits per heavy atom. The van der Waals surface area contributed by atoms with E-state index in [4.69, 9.17) is 4.52 Å². The summed E-state index contributed by atoms with van der Waals surface area (Å²) in [4.78, 5) is 12.0. The van der Waals surface area contributed by atoms with Crippen molar-refractivity contribution < 1.29 is 9.32 Å². The number of nitrogens with one attached hydrogen (secondary N) is 1. The summed E-state index contributed by atoms with van der Waals surface area (Å²) in [6.45, 7) is 1.82. The molecule has 1 aliphatic heterocycles. The highest BCUT2D eigenvalue weighted by Crippen LogP contribution is 2.33. The number of aromatic nitrogens is 1. The molecule has 0 saturated carbocycles. The zero-order chi connectivity index (χ0) is 11.8. The zero-order valence-corrected chi connectivity index (χ0v) is 9.43. The molecule has 1 atom stereocenters. The van der Waals surface area contributed by atoms with Gasteiger partial charge in [-0.3, -0.25) is 4.79 Å². The Morgan fingerprint density at radius 1 is 1.35 bits per heavy atom. The van der Waals surface area contributed by atoms with Gasteiger partial charge in [-0.2, -0.15) is 0 Å². The van der Waals surface area contributed by atoms with Gasteiger partial charge in [0.15, 0.2) is 5.76 Å². The Hall–Kier alpha value is -2.10. The van der Waals surface area contributed by atoms with Crippen molar-refractivity contribution in [2.45, 2.75) is 19.3 Å². The van der Waals surface area contributed by atoms with Crippen LogP contribution in [0.2, 0.25) is 0 Å². The van der Waals surface area contributed by atoms with Crippen molar-refractivity contribution >= 4 is 11.6 Å². The standard InChI is InChI=1S/C13H12N2O2/c1-8-12-11(17-15-8)7-10(13(16)14-12)9-5-3-2-4-6-9/h2-6,10H,7H2,1H3,(H,14,16). The van der Waals surface area contributed by atoms with E-state index in [1.54, 1.807) is 0 Å². The van der Waals surface area contributed by atoms with Gasteiger partial charge in [-0.15, -0.1) is 0 Å². The predicted molar refractivity (Wildman–Crippen MR) is 62.8 cm³/mol. The third-order valence-corrected chi connectivity index (χ3v) is 3.09. The molecule has 4 nitrogen and oxygen atoms in total. The molecule has 1 amide bonds. The van der Waals surface area contributed by atoms with Crippen molar-refractivity contribution in [1.29, 1.82) is 0 Å². The Labute approximate surface area is 98.6 Å². The lowest BCUT2D eigenvalue weighted by atomic mass is 9.90. The molecule has 0 saturated heterocycles. The Bertz CT molecular complexity index is 560. The first kappa shape index (κ1) is 10.1. The van der Waals surface area contributed by atoms with Gasteiger partial charge in [0.05, 0.1) is 5.92 Å². The summed E-state index contributed by atoms with van der Waals surface area (Å²) in [6, 6.07) is 9.72. The molecule has 0 aliphatic carbocycles. The highest BCUT2D eigenvalue weighted by molar-refractivity contribution is 5.98. The van der Waals surface area contributed by atoms with Crippen LogP contribution in [0.25, 0.3) is 0 Å². The van der Waals surface area contributed by atoms with Crippen molar-refractivity contribution in [3.05, 3.63) is 47.3 Å². The fourth-order valence-electron chi connectivity index (χ4n) is 2.16. The number of anilines is 1. The minimum atomic E-state index is -0.184. The summed E-state index contributed by atoms with van der Waals surface area (Å²) in [6.07, 6.45) is 0.575. The molecule has 1 aliphatic rings. The molecule has 1 unspecified atom stereocenters. The van der Waals surface area contributed by atoms with E-state index in [2.05, 4.69) is 10.5 Å². The first-order chi connectivity index (χ1) is 8.25. The van der Waals surface area contributed by atoms with E-state index in [9.17, 15) is 4.79 Å². The molecule has 2 heterocycles. The lowest BCUT2D eigenvalue weighted by molar-refractivity contribution is -0.118. The van der Waals surface area contributed by atoms with Gasteiger partial charge in [-0.1, -0.05) is 35.5 Å². The largest absolute Gasteiger partial charge is 0.359 e. The van der Waals surface area contributed by atoms with E-state index < -0.39 is 0 Å². The van der Waals surface area contributed by atoms with Crippen molar-refractivity contribution in [2.75, 3.05) is 5.32 Å². The predicted octanol–water partition coefficient (Wildman–Crippen LogP) is 2.26. The lowest BCUT2D eigenvalue weighted by Gasteiger charge is -2.20. The monoisotopic (exact) mass is 228 g/mol. The second kappa shape index (κ2) is 3.73. The van der Waals surface area contributed by atoms with E-state index in [1.807, 2.05) is 37.3 Å². The first-order valence-corrected chi connectivity index (χ1v) is 5.56. The summed E-state index contributed by atoms with van der Waals surface area (Å²) < 4.78 is 5.22. The van der Waals surface area contributed by atoms with Crippen LogP contribution in [0.5, 0.6) is 0 Å². The van der Waals surface area contributed by atoms with E-state index >= 15 is 0 Å². The molecular formula is C13H12N2O2. The van der Waals surface area contributed by atoms with Crippen molar-refractivity contribution in [1.82, 2.24) is 5.16 Å². The second-order valence-electron chi connectivity index (χ2n) is 4.22. The number of carbonyl (C=O) groups is 1. The maximum Gasteiger partial charge on any atom is 0.232 e. The van der Waals surface area contributed by atoms with Crippen molar-refractivity contribution in [3.63, 3.8) is 0 Å². The number of rotatable bonds is 1. The van der Waals surface area contributed by atoms with E-state index in [1.165, 1.54) is 0 Å².